The van der Waals surface area contributed by atoms with Crippen molar-refractivity contribution in [1.82, 2.24) is 19.5 Å². The maximum absolute atomic E-state index is 4.93. The molecule has 0 amide bonds. The molecule has 0 radical (unpaired) electrons. The average Bonchev–Trinajstić information content (AvgIpc) is 3.34. The lowest BCUT2D eigenvalue weighted by molar-refractivity contribution is 1.17. The Bertz CT molecular complexity index is 1870. The molecule has 0 unspecified atom stereocenters. The van der Waals surface area contributed by atoms with Crippen LogP contribution in [0.15, 0.2) is 132 Å². The van der Waals surface area contributed by atoms with E-state index in [-0.39, 0.29) is 0 Å². The second kappa shape index (κ2) is 9.36. The predicted octanol–water partition coefficient (Wildman–Crippen LogP) is 8.73. The molecule has 4 aromatic heterocycles. The van der Waals surface area contributed by atoms with Crippen LogP contribution in [-0.2, 0) is 0 Å². The second-order valence-corrected chi connectivity index (χ2v) is 9.95. The summed E-state index contributed by atoms with van der Waals surface area (Å²) in [5, 5.41) is 2.45. The van der Waals surface area contributed by atoms with E-state index in [1.165, 1.54) is 16.3 Å². The predicted molar refractivity (Wildman–Crippen MR) is 158 cm³/mol. The molecule has 7 rings (SSSR count). The summed E-state index contributed by atoms with van der Waals surface area (Å²) in [5.74, 6) is 0. The van der Waals surface area contributed by atoms with Gasteiger partial charge in [-0.3, -0.25) is 9.97 Å². The minimum absolute atomic E-state index is 0.814. The molecule has 3 aromatic carbocycles. The summed E-state index contributed by atoms with van der Waals surface area (Å²) in [7, 11) is 0. The lowest BCUT2D eigenvalue weighted by Crippen LogP contribution is -1.96. The molecule has 0 fully saturated rings. The topological polar surface area (TPSA) is 43.6 Å². The number of aromatic nitrogens is 4. The monoisotopic (exact) mass is 552 g/mol. The first-order valence-electron chi connectivity index (χ1n) is 12.4. The lowest BCUT2D eigenvalue weighted by atomic mass is 10.0. The van der Waals surface area contributed by atoms with Gasteiger partial charge in [-0.05, 0) is 87.7 Å². The van der Waals surface area contributed by atoms with E-state index < -0.39 is 0 Å². The third-order valence-corrected chi connectivity index (χ3v) is 7.40. The molecule has 180 valence electrons. The highest BCUT2D eigenvalue weighted by Gasteiger charge is 2.15. The molecular formula is C33H21BrN4. The molecule has 0 bridgehead atoms. The highest BCUT2D eigenvalue weighted by molar-refractivity contribution is 9.10. The number of para-hydroxylation sites is 2. The Hall–Kier alpha value is -4.61. The molecule has 0 atom stereocenters. The number of fused-ring (bicyclic) bond motifs is 3. The Balaban J connectivity index is 1.45. The maximum Gasteiger partial charge on any atom is 0.0900 e. The van der Waals surface area contributed by atoms with Crippen molar-refractivity contribution in [2.75, 3.05) is 0 Å². The Kier molecular flexibility index (Phi) is 5.56. The molecule has 38 heavy (non-hydrogen) atoms. The van der Waals surface area contributed by atoms with Gasteiger partial charge in [0.15, 0.2) is 0 Å². The average molecular weight is 553 g/mol. The minimum atomic E-state index is 0.814. The second-order valence-electron chi connectivity index (χ2n) is 9.10. The van der Waals surface area contributed by atoms with Crippen molar-refractivity contribution in [2.24, 2.45) is 0 Å². The van der Waals surface area contributed by atoms with E-state index in [0.29, 0.717) is 0 Å². The van der Waals surface area contributed by atoms with Crippen LogP contribution in [0.1, 0.15) is 0 Å². The van der Waals surface area contributed by atoms with Crippen LogP contribution in [-0.4, -0.2) is 19.5 Å². The summed E-state index contributed by atoms with van der Waals surface area (Å²) >= 11 is 3.81. The highest BCUT2D eigenvalue weighted by Crippen LogP contribution is 2.37. The van der Waals surface area contributed by atoms with Crippen LogP contribution in [0.3, 0.4) is 0 Å². The van der Waals surface area contributed by atoms with Crippen molar-refractivity contribution in [1.29, 1.82) is 0 Å². The zero-order chi connectivity index (χ0) is 25.5. The molecule has 0 saturated carbocycles. The van der Waals surface area contributed by atoms with Crippen LogP contribution in [0.2, 0.25) is 0 Å². The number of hydrogen-bond donors (Lipinski definition) is 0. The van der Waals surface area contributed by atoms with Crippen LogP contribution in [0, 0.1) is 0 Å². The van der Waals surface area contributed by atoms with Crippen molar-refractivity contribution in [3.05, 3.63) is 132 Å². The van der Waals surface area contributed by atoms with Gasteiger partial charge in [-0.15, -0.1) is 0 Å². The standard InChI is InChI=1S/C33H21BrN4/c34-27-13-8-12-26-25-11-1-2-16-32(25)38(33(26)27)24-10-7-9-22(19-24)23-20-30(28-14-3-5-17-35-28)37-31(21-23)29-15-4-6-18-36-29/h1-21H. The fraction of sp³-hybridized carbons (Fsp3) is 0. The van der Waals surface area contributed by atoms with Crippen LogP contribution in [0.4, 0.5) is 0 Å². The number of hydrogen-bond acceptors (Lipinski definition) is 3. The van der Waals surface area contributed by atoms with Crippen molar-refractivity contribution in [3.8, 4) is 39.6 Å². The van der Waals surface area contributed by atoms with Gasteiger partial charge < -0.3 is 4.57 Å². The van der Waals surface area contributed by atoms with Crippen molar-refractivity contribution in [3.63, 3.8) is 0 Å². The van der Waals surface area contributed by atoms with E-state index in [2.05, 4.69) is 109 Å². The Morgan fingerprint density at radius 3 is 1.89 bits per heavy atom. The summed E-state index contributed by atoms with van der Waals surface area (Å²) in [6.07, 6.45) is 3.59. The molecule has 0 N–H and O–H groups in total. The van der Waals surface area contributed by atoms with E-state index in [9.17, 15) is 0 Å². The number of rotatable bonds is 4. The van der Waals surface area contributed by atoms with Crippen molar-refractivity contribution >= 4 is 37.7 Å². The van der Waals surface area contributed by atoms with Gasteiger partial charge >= 0.3 is 0 Å². The van der Waals surface area contributed by atoms with Gasteiger partial charge in [-0.25, -0.2) is 4.98 Å². The van der Waals surface area contributed by atoms with Gasteiger partial charge in [0, 0.05) is 33.3 Å². The lowest BCUT2D eigenvalue weighted by Gasteiger charge is -2.13. The van der Waals surface area contributed by atoms with Crippen LogP contribution >= 0.6 is 15.9 Å². The number of benzene rings is 3. The summed E-state index contributed by atoms with van der Waals surface area (Å²) in [4.78, 5) is 14.1. The quantitative estimate of drug-likeness (QED) is 0.219. The molecule has 5 heteroatoms. The van der Waals surface area contributed by atoms with Gasteiger partial charge in [0.25, 0.3) is 0 Å². The van der Waals surface area contributed by atoms with Gasteiger partial charge in [0.05, 0.1) is 33.8 Å². The molecule has 4 heterocycles. The van der Waals surface area contributed by atoms with E-state index in [1.54, 1.807) is 12.4 Å². The van der Waals surface area contributed by atoms with Gasteiger partial charge in [0.2, 0.25) is 0 Å². The number of halogens is 1. The fourth-order valence-electron chi connectivity index (χ4n) is 5.06. The third kappa shape index (κ3) is 3.88. The van der Waals surface area contributed by atoms with Crippen molar-refractivity contribution < 1.29 is 0 Å². The Morgan fingerprint density at radius 1 is 0.526 bits per heavy atom. The van der Waals surface area contributed by atoms with Crippen LogP contribution < -0.4 is 0 Å². The van der Waals surface area contributed by atoms with Gasteiger partial charge in [-0.1, -0.05) is 54.6 Å². The molecule has 0 spiro atoms. The van der Waals surface area contributed by atoms with E-state index in [0.717, 1.165) is 49.6 Å². The molecule has 0 aliphatic heterocycles. The van der Waals surface area contributed by atoms with E-state index >= 15 is 0 Å². The van der Waals surface area contributed by atoms with Crippen molar-refractivity contribution in [2.45, 2.75) is 0 Å². The van der Waals surface area contributed by atoms with E-state index in [4.69, 9.17) is 4.98 Å². The molecular weight excluding hydrogens is 532 g/mol. The maximum atomic E-state index is 4.93. The SMILES string of the molecule is Brc1cccc2c3ccccc3n(-c3cccc(-c4cc(-c5ccccn5)nc(-c5ccccn5)c4)c3)c12. The van der Waals surface area contributed by atoms with Crippen LogP contribution in [0.5, 0.6) is 0 Å². The smallest absolute Gasteiger partial charge is 0.0900 e. The Labute approximate surface area is 228 Å². The highest BCUT2D eigenvalue weighted by atomic mass is 79.9. The van der Waals surface area contributed by atoms with Gasteiger partial charge in [-0.2, -0.15) is 0 Å². The summed E-state index contributed by atoms with van der Waals surface area (Å²) in [6.45, 7) is 0. The fourth-order valence-corrected chi connectivity index (χ4v) is 5.60. The first kappa shape index (κ1) is 22.6. The summed E-state index contributed by atoms with van der Waals surface area (Å²) in [6, 6.07) is 39.6. The molecule has 0 aliphatic carbocycles. The van der Waals surface area contributed by atoms with Crippen LogP contribution in [0.25, 0.3) is 61.4 Å². The van der Waals surface area contributed by atoms with E-state index in [1.807, 2.05) is 36.4 Å². The summed E-state index contributed by atoms with van der Waals surface area (Å²) < 4.78 is 3.40. The largest absolute Gasteiger partial charge is 0.308 e. The van der Waals surface area contributed by atoms with Gasteiger partial charge in [0.1, 0.15) is 0 Å². The molecule has 0 saturated heterocycles. The zero-order valence-electron chi connectivity index (χ0n) is 20.3. The third-order valence-electron chi connectivity index (χ3n) is 6.76. The molecule has 7 aromatic rings. The number of pyridine rings is 3. The first-order chi connectivity index (χ1) is 18.8. The normalized spacial score (nSPS) is 11.3. The summed E-state index contributed by atoms with van der Waals surface area (Å²) in [5.41, 5.74) is 8.86. The first-order valence-corrected chi connectivity index (χ1v) is 13.2. The number of nitrogens with zero attached hydrogens (tertiary/aromatic N) is 4. The Morgan fingerprint density at radius 2 is 1.18 bits per heavy atom. The minimum Gasteiger partial charge on any atom is -0.308 e. The molecule has 0 aliphatic rings. The zero-order valence-corrected chi connectivity index (χ0v) is 21.9. The molecule has 4 nitrogen and oxygen atoms in total.